The fraction of sp³-hybridized carbons (Fsp3) is 0.120. The van der Waals surface area contributed by atoms with E-state index < -0.39 is 11.1 Å². The number of thioether (sulfide) groups is 1. The number of hydrogen-bond acceptors (Lipinski definition) is 5. The van der Waals surface area contributed by atoms with Gasteiger partial charge in [0.15, 0.2) is 11.5 Å². The molecule has 1 heterocycles. The van der Waals surface area contributed by atoms with Gasteiger partial charge in [-0.15, -0.1) is 0 Å². The molecule has 3 aromatic carbocycles. The lowest BCUT2D eigenvalue weighted by Crippen LogP contribution is -2.27. The van der Waals surface area contributed by atoms with Crippen molar-refractivity contribution in [1.29, 1.82) is 0 Å². The van der Waals surface area contributed by atoms with E-state index in [4.69, 9.17) is 21.1 Å². The highest BCUT2D eigenvalue weighted by molar-refractivity contribution is 14.1. The van der Waals surface area contributed by atoms with E-state index in [0.29, 0.717) is 34.4 Å². The lowest BCUT2D eigenvalue weighted by atomic mass is 10.1. The van der Waals surface area contributed by atoms with Crippen molar-refractivity contribution in [3.05, 3.63) is 91.1 Å². The predicted octanol–water partition coefficient (Wildman–Crippen LogP) is 7.30. The van der Waals surface area contributed by atoms with Gasteiger partial charge in [0.1, 0.15) is 12.4 Å². The summed E-state index contributed by atoms with van der Waals surface area (Å²) in [6, 6.07) is 16.4. The number of amides is 2. The van der Waals surface area contributed by atoms with E-state index in [0.717, 1.165) is 25.8 Å². The summed E-state index contributed by atoms with van der Waals surface area (Å²) in [5, 5.41) is -0.0924. The average Bonchev–Trinajstić information content (AvgIpc) is 3.07. The molecule has 9 heteroatoms. The number of hydrogen-bond donors (Lipinski definition) is 0. The maximum atomic E-state index is 13.2. The van der Waals surface area contributed by atoms with E-state index in [1.54, 1.807) is 48.5 Å². The quantitative estimate of drug-likeness (QED) is 0.208. The highest BCUT2D eigenvalue weighted by atomic mass is 127. The van der Waals surface area contributed by atoms with E-state index in [9.17, 15) is 14.0 Å². The first-order valence-corrected chi connectivity index (χ1v) is 12.5. The number of imide groups is 1. The van der Waals surface area contributed by atoms with Crippen LogP contribution in [0.4, 0.5) is 14.9 Å². The standard InChI is InChI=1S/C25H18ClFINO4S/c1-2-32-21-12-16(11-19(28)23(21)33-14-15-7-9-17(27)10-8-15)13-22-24(30)29(25(31)34-22)20-6-4-3-5-18(20)26/h3-13H,2,14H2,1H3/b22-13-. The van der Waals surface area contributed by atoms with Gasteiger partial charge in [0.2, 0.25) is 0 Å². The van der Waals surface area contributed by atoms with Crippen molar-refractivity contribution in [2.24, 2.45) is 0 Å². The molecule has 0 aromatic heterocycles. The number of carbonyl (C=O) groups excluding carboxylic acids is 2. The van der Waals surface area contributed by atoms with Gasteiger partial charge in [0, 0.05) is 0 Å². The second-order valence-corrected chi connectivity index (χ2v) is 9.71. The third-order valence-electron chi connectivity index (χ3n) is 4.81. The first-order chi connectivity index (χ1) is 16.4. The summed E-state index contributed by atoms with van der Waals surface area (Å²) in [5.74, 6) is 0.311. The molecular weight excluding hydrogens is 592 g/mol. The summed E-state index contributed by atoms with van der Waals surface area (Å²) in [4.78, 5) is 26.9. The molecule has 0 saturated carbocycles. The van der Waals surface area contributed by atoms with Crippen molar-refractivity contribution >= 4 is 68.9 Å². The Balaban J connectivity index is 1.60. The third kappa shape index (κ3) is 5.39. The molecule has 0 aliphatic carbocycles. The van der Waals surface area contributed by atoms with E-state index in [1.165, 1.54) is 12.1 Å². The zero-order chi connectivity index (χ0) is 24.2. The van der Waals surface area contributed by atoms with Crippen LogP contribution >= 0.6 is 46.0 Å². The molecule has 2 amide bonds. The van der Waals surface area contributed by atoms with Crippen LogP contribution in [0.3, 0.4) is 0 Å². The molecule has 0 unspecified atom stereocenters. The van der Waals surface area contributed by atoms with Crippen molar-refractivity contribution in [2.75, 3.05) is 11.5 Å². The number of para-hydroxylation sites is 1. The summed E-state index contributed by atoms with van der Waals surface area (Å²) in [5.41, 5.74) is 1.85. The summed E-state index contributed by atoms with van der Waals surface area (Å²) in [6.45, 7) is 2.51. The monoisotopic (exact) mass is 609 g/mol. The molecule has 0 spiro atoms. The van der Waals surface area contributed by atoms with Crippen molar-refractivity contribution in [2.45, 2.75) is 13.5 Å². The van der Waals surface area contributed by atoms with E-state index >= 15 is 0 Å². The van der Waals surface area contributed by atoms with E-state index in [2.05, 4.69) is 22.6 Å². The smallest absolute Gasteiger partial charge is 0.298 e. The number of nitrogens with zero attached hydrogens (tertiary/aromatic N) is 1. The first kappa shape index (κ1) is 24.6. The van der Waals surface area contributed by atoms with Crippen LogP contribution in [-0.2, 0) is 11.4 Å². The largest absolute Gasteiger partial charge is 0.490 e. The summed E-state index contributed by atoms with van der Waals surface area (Å²) in [7, 11) is 0. The molecule has 0 bridgehead atoms. The van der Waals surface area contributed by atoms with Gasteiger partial charge in [-0.3, -0.25) is 9.59 Å². The van der Waals surface area contributed by atoms with Gasteiger partial charge in [-0.25, -0.2) is 9.29 Å². The van der Waals surface area contributed by atoms with Crippen molar-refractivity contribution in [3.8, 4) is 11.5 Å². The topological polar surface area (TPSA) is 55.8 Å². The Morgan fingerprint density at radius 3 is 2.53 bits per heavy atom. The number of anilines is 1. The second-order valence-electron chi connectivity index (χ2n) is 7.15. The van der Waals surface area contributed by atoms with Gasteiger partial charge in [-0.1, -0.05) is 35.9 Å². The number of rotatable bonds is 7. The SMILES string of the molecule is CCOc1cc(/C=C2\SC(=O)N(c3ccccc3Cl)C2=O)cc(I)c1OCc1ccc(F)cc1. The molecule has 1 fully saturated rings. The van der Waals surface area contributed by atoms with Gasteiger partial charge >= 0.3 is 0 Å². The fourth-order valence-corrected chi connectivity index (χ4v) is 5.11. The molecular formula is C25H18ClFINO4S. The predicted molar refractivity (Wildman–Crippen MR) is 141 cm³/mol. The van der Waals surface area contributed by atoms with Gasteiger partial charge in [-0.05, 0) is 94.9 Å². The van der Waals surface area contributed by atoms with Crippen molar-refractivity contribution < 1.29 is 23.5 Å². The van der Waals surface area contributed by atoms with Gasteiger partial charge in [-0.2, -0.15) is 0 Å². The Labute approximate surface area is 219 Å². The van der Waals surface area contributed by atoms with Crippen LogP contribution < -0.4 is 14.4 Å². The molecule has 0 radical (unpaired) electrons. The minimum atomic E-state index is -0.437. The third-order valence-corrected chi connectivity index (χ3v) is 6.80. The summed E-state index contributed by atoms with van der Waals surface area (Å²) < 4.78 is 25.7. The molecule has 4 rings (SSSR count). The van der Waals surface area contributed by atoms with Crippen LogP contribution in [0.2, 0.25) is 5.02 Å². The zero-order valence-electron chi connectivity index (χ0n) is 17.9. The Bertz CT molecular complexity index is 1280. The molecule has 3 aromatic rings. The Morgan fingerprint density at radius 1 is 1.09 bits per heavy atom. The molecule has 34 heavy (non-hydrogen) atoms. The highest BCUT2D eigenvalue weighted by Gasteiger charge is 2.37. The molecule has 1 aliphatic rings. The zero-order valence-corrected chi connectivity index (χ0v) is 21.6. The van der Waals surface area contributed by atoms with Crippen LogP contribution in [-0.4, -0.2) is 17.8 Å². The lowest BCUT2D eigenvalue weighted by molar-refractivity contribution is -0.113. The number of halogens is 3. The highest BCUT2D eigenvalue weighted by Crippen LogP contribution is 2.40. The first-order valence-electron chi connectivity index (χ1n) is 10.2. The van der Waals surface area contributed by atoms with E-state index in [1.807, 2.05) is 13.0 Å². The average molecular weight is 610 g/mol. The number of carbonyl (C=O) groups is 2. The summed E-state index contributed by atoms with van der Waals surface area (Å²) >= 11 is 9.18. The fourth-order valence-electron chi connectivity index (χ4n) is 3.27. The second kappa shape index (κ2) is 10.8. The van der Waals surface area contributed by atoms with Crippen LogP contribution in [0.25, 0.3) is 6.08 Å². The number of benzene rings is 3. The minimum Gasteiger partial charge on any atom is -0.490 e. The van der Waals surface area contributed by atoms with Gasteiger partial charge in [0.25, 0.3) is 11.1 Å². The lowest BCUT2D eigenvalue weighted by Gasteiger charge is -2.15. The molecule has 5 nitrogen and oxygen atoms in total. The molecule has 174 valence electrons. The Kier molecular flexibility index (Phi) is 7.80. The van der Waals surface area contributed by atoms with Crippen molar-refractivity contribution in [3.63, 3.8) is 0 Å². The molecule has 1 aliphatic heterocycles. The van der Waals surface area contributed by atoms with E-state index in [-0.39, 0.29) is 17.3 Å². The van der Waals surface area contributed by atoms with Crippen LogP contribution in [0, 0.1) is 9.39 Å². The molecule has 0 atom stereocenters. The normalized spacial score (nSPS) is 14.7. The van der Waals surface area contributed by atoms with Crippen molar-refractivity contribution in [1.82, 2.24) is 0 Å². The van der Waals surface area contributed by atoms with Gasteiger partial charge in [0.05, 0.1) is 25.8 Å². The summed E-state index contributed by atoms with van der Waals surface area (Å²) in [6.07, 6.45) is 1.65. The van der Waals surface area contributed by atoms with Gasteiger partial charge < -0.3 is 9.47 Å². The minimum absolute atomic E-state index is 0.242. The maximum Gasteiger partial charge on any atom is 0.298 e. The van der Waals surface area contributed by atoms with Crippen LogP contribution in [0.15, 0.2) is 65.6 Å². The number of ether oxygens (including phenoxy) is 2. The Hall–Kier alpha value is -2.56. The van der Waals surface area contributed by atoms with Crippen LogP contribution in [0.1, 0.15) is 18.1 Å². The molecule has 1 saturated heterocycles. The Morgan fingerprint density at radius 2 is 1.82 bits per heavy atom. The molecule has 0 N–H and O–H groups in total. The van der Waals surface area contributed by atoms with Crippen LogP contribution in [0.5, 0.6) is 11.5 Å². The maximum absolute atomic E-state index is 13.2.